The van der Waals surface area contributed by atoms with Crippen molar-refractivity contribution in [2.24, 2.45) is 0 Å². The number of ether oxygens (including phenoxy) is 1. The number of rotatable bonds is 16. The molecule has 4 rings (SSSR count). The Balaban J connectivity index is 1.61. The summed E-state index contributed by atoms with van der Waals surface area (Å²) in [5.74, 6) is -2.47. The number of fused-ring (bicyclic) bond motifs is 1. The van der Waals surface area contributed by atoms with E-state index in [2.05, 4.69) is 34.1 Å². The van der Waals surface area contributed by atoms with E-state index in [-0.39, 0.29) is 28.5 Å². The fourth-order valence-corrected chi connectivity index (χ4v) is 8.10. The van der Waals surface area contributed by atoms with Crippen molar-refractivity contribution in [3.05, 3.63) is 71.8 Å². The van der Waals surface area contributed by atoms with E-state index in [0.717, 1.165) is 31.4 Å². The fraction of sp³-hybridized carbons (Fsp3) is 0.417. The number of thioether (sulfide) groups is 1. The summed E-state index contributed by atoms with van der Waals surface area (Å²) in [5.41, 5.74) is 1.04. The number of benzene rings is 3. The highest BCUT2D eigenvalue weighted by molar-refractivity contribution is 7.98. The summed E-state index contributed by atoms with van der Waals surface area (Å²) < 4.78 is 37.5. The summed E-state index contributed by atoms with van der Waals surface area (Å²) in [4.78, 5) is 39.7. The van der Waals surface area contributed by atoms with E-state index in [1.54, 1.807) is 6.07 Å². The van der Waals surface area contributed by atoms with Crippen LogP contribution in [0.2, 0.25) is 0 Å². The van der Waals surface area contributed by atoms with Gasteiger partial charge in [-0.15, -0.1) is 11.8 Å². The van der Waals surface area contributed by atoms with Crippen LogP contribution in [-0.2, 0) is 26.2 Å². The van der Waals surface area contributed by atoms with Crippen LogP contribution in [0.5, 0.6) is 11.5 Å². The van der Waals surface area contributed by atoms with E-state index in [9.17, 15) is 27.9 Å². The lowest BCUT2D eigenvalue weighted by Gasteiger charge is -2.37. The number of hydrogen-bond donors (Lipinski definition) is 5. The van der Waals surface area contributed by atoms with Gasteiger partial charge in [0.05, 0.1) is 16.1 Å². The van der Waals surface area contributed by atoms with Crippen LogP contribution >= 0.6 is 11.8 Å². The number of carbonyl (C=O) groups excluding carboxylic acids is 2. The van der Waals surface area contributed by atoms with Crippen LogP contribution < -0.4 is 25.0 Å². The van der Waals surface area contributed by atoms with Crippen molar-refractivity contribution in [3.63, 3.8) is 0 Å². The van der Waals surface area contributed by atoms with E-state index in [1.807, 2.05) is 36.6 Å². The van der Waals surface area contributed by atoms with E-state index in [4.69, 9.17) is 9.84 Å². The first-order valence-corrected chi connectivity index (χ1v) is 19.4. The SMILES string of the molecule is CCCCC1(CCCC)CN(c2ccccc2)c2cc(SC)c(OCC(=O)NCc3ccc(O)cc3C(=O)N[C@@H](C)C(=O)O)cc2S(=O)(=O)N1. The third-order valence-corrected chi connectivity index (χ3v) is 11.0. The zero-order valence-electron chi connectivity index (χ0n) is 28.8. The van der Waals surface area contributed by atoms with Gasteiger partial charge in [0.2, 0.25) is 10.0 Å². The molecule has 0 aromatic heterocycles. The number of carbonyl (C=O) groups is 3. The van der Waals surface area contributed by atoms with Gasteiger partial charge in [-0.3, -0.25) is 14.4 Å². The van der Waals surface area contributed by atoms with Crippen molar-refractivity contribution in [1.82, 2.24) is 15.4 Å². The number of para-hydroxylation sites is 1. The molecule has 0 saturated carbocycles. The van der Waals surface area contributed by atoms with Crippen molar-refractivity contribution >= 4 is 50.9 Å². The van der Waals surface area contributed by atoms with Crippen LogP contribution in [0.25, 0.3) is 0 Å². The van der Waals surface area contributed by atoms with Crippen LogP contribution in [0.1, 0.15) is 75.2 Å². The van der Waals surface area contributed by atoms with E-state index < -0.39 is 46.0 Å². The Morgan fingerprint density at radius 2 is 1.72 bits per heavy atom. The maximum absolute atomic E-state index is 14.2. The molecule has 0 radical (unpaired) electrons. The predicted molar refractivity (Wildman–Crippen MR) is 194 cm³/mol. The smallest absolute Gasteiger partial charge is 0.325 e. The maximum Gasteiger partial charge on any atom is 0.325 e. The van der Waals surface area contributed by atoms with Gasteiger partial charge in [-0.25, -0.2) is 13.1 Å². The molecule has 50 heavy (non-hydrogen) atoms. The van der Waals surface area contributed by atoms with Crippen molar-refractivity contribution in [3.8, 4) is 11.5 Å². The summed E-state index contributed by atoms with van der Waals surface area (Å²) in [6.07, 6.45) is 6.79. The van der Waals surface area contributed by atoms with E-state index in [1.165, 1.54) is 43.0 Å². The molecule has 0 aliphatic carbocycles. The molecule has 2 amide bonds. The van der Waals surface area contributed by atoms with Gasteiger partial charge < -0.3 is 30.5 Å². The Kier molecular flexibility index (Phi) is 13.2. The molecule has 1 aliphatic rings. The molecule has 3 aromatic rings. The summed E-state index contributed by atoms with van der Waals surface area (Å²) in [6, 6.07) is 15.8. The molecule has 1 heterocycles. The van der Waals surface area contributed by atoms with Crippen LogP contribution in [-0.4, -0.2) is 67.4 Å². The molecule has 1 aliphatic heterocycles. The molecular weight excluding hydrogens is 681 g/mol. The Hall–Kier alpha value is -4.27. The summed E-state index contributed by atoms with van der Waals surface area (Å²) >= 11 is 1.37. The largest absolute Gasteiger partial charge is 0.508 e. The zero-order chi connectivity index (χ0) is 36.5. The minimum atomic E-state index is -4.03. The average molecular weight is 727 g/mol. The third kappa shape index (κ3) is 9.49. The van der Waals surface area contributed by atoms with Gasteiger partial charge in [0.25, 0.3) is 11.8 Å². The zero-order valence-corrected chi connectivity index (χ0v) is 30.5. The lowest BCUT2D eigenvalue weighted by atomic mass is 9.87. The summed E-state index contributed by atoms with van der Waals surface area (Å²) in [7, 11) is -4.03. The second-order valence-electron chi connectivity index (χ2n) is 12.4. The number of phenolic OH excluding ortho intramolecular Hbond substituents is 1. The molecular formula is C36H46N4O8S2. The Morgan fingerprint density at radius 1 is 1.04 bits per heavy atom. The molecule has 270 valence electrons. The van der Waals surface area contributed by atoms with Gasteiger partial charge in [-0.2, -0.15) is 0 Å². The van der Waals surface area contributed by atoms with Gasteiger partial charge >= 0.3 is 5.97 Å². The average Bonchev–Trinajstić information content (AvgIpc) is 3.19. The van der Waals surface area contributed by atoms with Crippen LogP contribution in [0.15, 0.2) is 70.5 Å². The molecule has 0 fully saturated rings. The number of aliphatic carboxylic acids is 1. The number of nitrogens with zero attached hydrogens (tertiary/aromatic N) is 1. The molecule has 14 heteroatoms. The van der Waals surface area contributed by atoms with Crippen molar-refractivity contribution in [1.29, 1.82) is 0 Å². The Morgan fingerprint density at radius 3 is 2.34 bits per heavy atom. The quantitative estimate of drug-likeness (QED) is 0.118. The first-order chi connectivity index (χ1) is 23.8. The van der Waals surface area contributed by atoms with Crippen molar-refractivity contribution < 1.29 is 37.8 Å². The molecule has 1 atom stereocenters. The normalized spacial score (nSPS) is 15.3. The number of amides is 2. The second kappa shape index (κ2) is 17.1. The number of hydrogen-bond acceptors (Lipinski definition) is 9. The first kappa shape index (κ1) is 38.5. The van der Waals surface area contributed by atoms with Gasteiger partial charge in [-0.05, 0) is 61.9 Å². The van der Waals surface area contributed by atoms with Gasteiger partial charge in [-0.1, -0.05) is 63.8 Å². The van der Waals surface area contributed by atoms with Crippen molar-refractivity contribution in [2.45, 2.75) is 87.2 Å². The topological polar surface area (TPSA) is 174 Å². The molecule has 0 unspecified atom stereocenters. The maximum atomic E-state index is 14.2. The van der Waals surface area contributed by atoms with Gasteiger partial charge in [0.1, 0.15) is 22.4 Å². The number of carboxylic acid groups (broad SMARTS) is 1. The molecule has 12 nitrogen and oxygen atoms in total. The second-order valence-corrected chi connectivity index (χ2v) is 14.9. The number of phenols is 1. The van der Waals surface area contributed by atoms with Crippen LogP contribution in [0.4, 0.5) is 11.4 Å². The third-order valence-electron chi connectivity index (χ3n) is 8.61. The molecule has 0 saturated heterocycles. The monoisotopic (exact) mass is 726 g/mol. The van der Waals surface area contributed by atoms with Gasteiger partial charge in [0, 0.05) is 30.4 Å². The fourth-order valence-electron chi connectivity index (χ4n) is 5.90. The summed E-state index contributed by atoms with van der Waals surface area (Å²) in [6.45, 7) is 5.38. The number of sulfonamides is 1. The molecule has 0 spiro atoms. The van der Waals surface area contributed by atoms with Crippen molar-refractivity contribution in [2.75, 3.05) is 24.3 Å². The molecule has 5 N–H and O–H groups in total. The number of nitrogens with one attached hydrogen (secondary N) is 3. The van der Waals surface area contributed by atoms with E-state index in [0.29, 0.717) is 35.5 Å². The minimum absolute atomic E-state index is 0.00404. The highest BCUT2D eigenvalue weighted by Gasteiger charge is 2.42. The Labute approximate surface area is 298 Å². The number of aromatic hydroxyl groups is 1. The van der Waals surface area contributed by atoms with Crippen LogP contribution in [0, 0.1) is 0 Å². The Bertz CT molecular complexity index is 1780. The summed E-state index contributed by atoms with van der Waals surface area (Å²) in [5, 5.41) is 24.1. The first-order valence-electron chi connectivity index (χ1n) is 16.7. The highest BCUT2D eigenvalue weighted by atomic mass is 32.2. The standard InChI is InChI=1S/C36H46N4O8S2/c1-5-7-16-36(17-8-6-2)23-40(26-12-10-9-11-13-26)29-19-31(49-4)30(20-32(29)50(46,47)39-36)48-22-33(42)37-21-25-14-15-27(41)18-28(25)34(43)38-24(3)35(44)45/h9-15,18-20,24,39,41H,5-8,16-17,21-23H2,1-4H3,(H,37,42)(H,38,43)(H,44,45)/t24-/m0/s1. The lowest BCUT2D eigenvalue weighted by molar-refractivity contribution is -0.138. The number of unbranched alkanes of at least 4 members (excludes halogenated alkanes) is 2. The number of anilines is 2. The predicted octanol–water partition coefficient (Wildman–Crippen LogP) is 5.56. The van der Waals surface area contributed by atoms with E-state index >= 15 is 0 Å². The number of carboxylic acids is 1. The van der Waals surface area contributed by atoms with Crippen LogP contribution in [0.3, 0.4) is 0 Å². The highest BCUT2D eigenvalue weighted by Crippen LogP contribution is 2.44. The molecule has 0 bridgehead atoms. The lowest BCUT2D eigenvalue weighted by Crippen LogP contribution is -2.53. The minimum Gasteiger partial charge on any atom is -0.508 e. The molecule has 3 aromatic carbocycles. The van der Waals surface area contributed by atoms with Gasteiger partial charge in [0.15, 0.2) is 6.61 Å².